The van der Waals surface area contributed by atoms with Crippen LogP contribution in [0.15, 0.2) is 48.5 Å². The molecule has 1 fully saturated rings. The highest BCUT2D eigenvalue weighted by Gasteiger charge is 2.28. The molecule has 0 aromatic heterocycles. The van der Waals surface area contributed by atoms with E-state index in [0.717, 1.165) is 36.8 Å². The topological polar surface area (TPSA) is 49.4 Å². The van der Waals surface area contributed by atoms with Crippen LogP contribution in [-0.2, 0) is 21.9 Å². The second-order valence-corrected chi connectivity index (χ2v) is 10.1. The number of nitrogens with one attached hydrogen (secondary N) is 1. The van der Waals surface area contributed by atoms with Crippen molar-refractivity contribution < 1.29 is 9.59 Å². The number of carbonyl (C=O) groups excluding carboxylic acids is 2. The smallest absolute Gasteiger partial charge is 0.242 e. The molecular formula is C25H30Cl2N2O2S. The number of thioether (sulfide) groups is 1. The van der Waals surface area contributed by atoms with Gasteiger partial charge >= 0.3 is 0 Å². The summed E-state index contributed by atoms with van der Waals surface area (Å²) in [5, 5.41) is 4.43. The Balaban J connectivity index is 1.66. The van der Waals surface area contributed by atoms with Crippen LogP contribution in [0.25, 0.3) is 0 Å². The number of amides is 2. The summed E-state index contributed by atoms with van der Waals surface area (Å²) in [7, 11) is 0. The van der Waals surface area contributed by atoms with Crippen LogP contribution in [0.3, 0.4) is 0 Å². The molecule has 0 aliphatic heterocycles. The number of halogens is 2. The van der Waals surface area contributed by atoms with Gasteiger partial charge in [-0.3, -0.25) is 9.59 Å². The minimum atomic E-state index is -0.576. The fourth-order valence-electron chi connectivity index (χ4n) is 3.93. The van der Waals surface area contributed by atoms with Crippen LogP contribution in [0.1, 0.15) is 50.2 Å². The third-order valence-electron chi connectivity index (χ3n) is 5.80. The van der Waals surface area contributed by atoms with E-state index in [1.54, 1.807) is 17.9 Å². The normalized spacial score (nSPS) is 15.2. The van der Waals surface area contributed by atoms with Crippen LogP contribution in [0.4, 0.5) is 0 Å². The van der Waals surface area contributed by atoms with Gasteiger partial charge in [0.25, 0.3) is 0 Å². The van der Waals surface area contributed by atoms with Crippen molar-refractivity contribution in [2.75, 3.05) is 5.75 Å². The van der Waals surface area contributed by atoms with Gasteiger partial charge in [-0.2, -0.15) is 0 Å². The lowest BCUT2D eigenvalue weighted by atomic mass is 9.95. The zero-order valence-corrected chi connectivity index (χ0v) is 20.7. The molecule has 3 rings (SSSR count). The first-order chi connectivity index (χ1) is 15.4. The van der Waals surface area contributed by atoms with Crippen molar-refractivity contribution in [3.05, 3.63) is 69.7 Å². The monoisotopic (exact) mass is 492 g/mol. The number of hydrogen-bond acceptors (Lipinski definition) is 3. The number of carbonyl (C=O) groups is 2. The Labute approximate surface area is 205 Å². The Kier molecular flexibility index (Phi) is 9.76. The summed E-state index contributed by atoms with van der Waals surface area (Å²) in [6.45, 7) is 2.10. The Morgan fingerprint density at radius 1 is 1.09 bits per heavy atom. The summed E-state index contributed by atoms with van der Waals surface area (Å²) in [4.78, 5) is 27.9. The molecule has 0 heterocycles. The molecule has 1 aliphatic carbocycles. The predicted octanol–water partition coefficient (Wildman–Crippen LogP) is 6.09. The number of hydrogen-bond donors (Lipinski definition) is 1. The van der Waals surface area contributed by atoms with Crippen LogP contribution < -0.4 is 5.32 Å². The van der Waals surface area contributed by atoms with Crippen molar-refractivity contribution in [1.29, 1.82) is 0 Å². The van der Waals surface area contributed by atoms with E-state index in [0.29, 0.717) is 22.3 Å². The summed E-state index contributed by atoms with van der Waals surface area (Å²) in [5.74, 6) is 0.771. The minimum Gasteiger partial charge on any atom is -0.352 e. The van der Waals surface area contributed by atoms with Gasteiger partial charge in [0.05, 0.1) is 5.75 Å². The lowest BCUT2D eigenvalue weighted by molar-refractivity contribution is -0.139. The zero-order valence-electron chi connectivity index (χ0n) is 18.4. The number of rotatable bonds is 9. The van der Waals surface area contributed by atoms with Gasteiger partial charge in [0, 0.05) is 28.4 Å². The molecule has 7 heteroatoms. The summed E-state index contributed by atoms with van der Waals surface area (Å²) in [6, 6.07) is 14.7. The van der Waals surface area contributed by atoms with Gasteiger partial charge in [-0.05, 0) is 49.1 Å². The highest BCUT2D eigenvalue weighted by molar-refractivity contribution is 7.99. The van der Waals surface area contributed by atoms with Crippen molar-refractivity contribution in [3.8, 4) is 0 Å². The Morgan fingerprint density at radius 3 is 2.56 bits per heavy atom. The van der Waals surface area contributed by atoms with Crippen LogP contribution in [0.5, 0.6) is 0 Å². The molecular weight excluding hydrogens is 463 g/mol. The van der Waals surface area contributed by atoms with Gasteiger partial charge in [0.1, 0.15) is 6.04 Å². The SMILES string of the molecule is CC(C(=O)NC1CCCCC1)N(Cc1ccccc1Cl)C(=O)CSCc1cccc(Cl)c1. The molecule has 0 bridgehead atoms. The van der Waals surface area contributed by atoms with E-state index in [4.69, 9.17) is 23.2 Å². The molecule has 1 unspecified atom stereocenters. The molecule has 0 spiro atoms. The van der Waals surface area contributed by atoms with Gasteiger partial charge in [-0.1, -0.05) is 72.8 Å². The first kappa shape index (κ1) is 24.9. The number of nitrogens with zero attached hydrogens (tertiary/aromatic N) is 1. The minimum absolute atomic E-state index is 0.0803. The molecule has 0 radical (unpaired) electrons. The van der Waals surface area contributed by atoms with E-state index in [1.165, 1.54) is 18.2 Å². The molecule has 2 amide bonds. The van der Waals surface area contributed by atoms with Crippen molar-refractivity contribution in [1.82, 2.24) is 10.2 Å². The standard InChI is InChI=1S/C25H30Cl2N2O2S/c1-18(25(31)28-22-11-3-2-4-12-22)29(15-20-9-5-6-13-23(20)27)24(30)17-32-16-19-8-7-10-21(26)14-19/h5-10,13-14,18,22H,2-4,11-12,15-17H2,1H3,(H,28,31). The average Bonchev–Trinajstić information content (AvgIpc) is 2.78. The quantitative estimate of drug-likeness (QED) is 0.460. The van der Waals surface area contributed by atoms with Crippen LogP contribution in [0.2, 0.25) is 10.0 Å². The van der Waals surface area contributed by atoms with E-state index in [-0.39, 0.29) is 23.6 Å². The first-order valence-electron chi connectivity index (χ1n) is 11.1. The van der Waals surface area contributed by atoms with Crippen molar-refractivity contribution in [2.45, 2.75) is 63.4 Å². The van der Waals surface area contributed by atoms with E-state index < -0.39 is 6.04 Å². The average molecular weight is 494 g/mol. The van der Waals surface area contributed by atoms with Crippen LogP contribution in [-0.4, -0.2) is 34.6 Å². The first-order valence-corrected chi connectivity index (χ1v) is 13.0. The number of benzene rings is 2. The Morgan fingerprint density at radius 2 is 1.84 bits per heavy atom. The lowest BCUT2D eigenvalue weighted by Crippen LogP contribution is -2.50. The third kappa shape index (κ3) is 7.43. The van der Waals surface area contributed by atoms with Gasteiger partial charge in [-0.25, -0.2) is 0 Å². The molecule has 2 aromatic rings. The largest absolute Gasteiger partial charge is 0.352 e. The maximum atomic E-state index is 13.2. The third-order valence-corrected chi connectivity index (χ3v) is 7.39. The Bertz CT molecular complexity index is 918. The van der Waals surface area contributed by atoms with Crippen molar-refractivity contribution in [3.63, 3.8) is 0 Å². The van der Waals surface area contributed by atoms with E-state index in [9.17, 15) is 9.59 Å². The van der Waals surface area contributed by atoms with Gasteiger partial charge in [0.2, 0.25) is 11.8 Å². The van der Waals surface area contributed by atoms with E-state index in [2.05, 4.69) is 5.32 Å². The summed E-state index contributed by atoms with van der Waals surface area (Å²) in [6.07, 6.45) is 5.52. The predicted molar refractivity (Wildman–Crippen MR) is 134 cm³/mol. The Hall–Kier alpha value is -1.69. The highest BCUT2D eigenvalue weighted by Crippen LogP contribution is 2.22. The van der Waals surface area contributed by atoms with Crippen LogP contribution >= 0.6 is 35.0 Å². The van der Waals surface area contributed by atoms with Gasteiger partial charge in [0.15, 0.2) is 0 Å². The summed E-state index contributed by atoms with van der Waals surface area (Å²) in [5.41, 5.74) is 1.90. The second kappa shape index (κ2) is 12.5. The second-order valence-electron chi connectivity index (χ2n) is 8.26. The lowest BCUT2D eigenvalue weighted by Gasteiger charge is -2.31. The zero-order chi connectivity index (χ0) is 22.9. The fourth-order valence-corrected chi connectivity index (χ4v) is 5.19. The fraction of sp³-hybridized carbons (Fsp3) is 0.440. The van der Waals surface area contributed by atoms with Crippen LogP contribution in [0, 0.1) is 0 Å². The molecule has 1 atom stereocenters. The van der Waals surface area contributed by atoms with E-state index in [1.807, 2.05) is 42.5 Å². The maximum absolute atomic E-state index is 13.2. The van der Waals surface area contributed by atoms with Crippen molar-refractivity contribution in [2.24, 2.45) is 0 Å². The van der Waals surface area contributed by atoms with Crippen molar-refractivity contribution >= 4 is 46.8 Å². The summed E-state index contributed by atoms with van der Waals surface area (Å²) < 4.78 is 0. The highest BCUT2D eigenvalue weighted by atomic mass is 35.5. The molecule has 32 heavy (non-hydrogen) atoms. The molecule has 1 aliphatic rings. The molecule has 4 nitrogen and oxygen atoms in total. The maximum Gasteiger partial charge on any atom is 0.242 e. The van der Waals surface area contributed by atoms with Gasteiger partial charge < -0.3 is 10.2 Å². The van der Waals surface area contributed by atoms with E-state index >= 15 is 0 Å². The molecule has 1 N–H and O–H groups in total. The molecule has 1 saturated carbocycles. The molecule has 172 valence electrons. The summed E-state index contributed by atoms with van der Waals surface area (Å²) >= 11 is 13.9. The van der Waals surface area contributed by atoms with Gasteiger partial charge in [-0.15, -0.1) is 11.8 Å². The molecule has 0 saturated heterocycles. The molecule has 2 aromatic carbocycles.